The van der Waals surface area contributed by atoms with E-state index >= 15 is 0 Å². The van der Waals surface area contributed by atoms with E-state index in [0.29, 0.717) is 22.7 Å². The van der Waals surface area contributed by atoms with Gasteiger partial charge in [-0.3, -0.25) is 19.3 Å². The van der Waals surface area contributed by atoms with Crippen LogP contribution in [0.2, 0.25) is 0 Å². The van der Waals surface area contributed by atoms with Gasteiger partial charge in [0.05, 0.1) is 21.3 Å². The maximum absolute atomic E-state index is 12.4. The molecule has 7 heteroatoms. The lowest BCUT2D eigenvalue weighted by Crippen LogP contribution is -2.31. The van der Waals surface area contributed by atoms with Crippen LogP contribution >= 0.6 is 11.3 Å². The maximum atomic E-state index is 12.4. The van der Waals surface area contributed by atoms with Gasteiger partial charge in [-0.05, 0) is 37.6 Å². The largest absolute Gasteiger partial charge is 0.302 e. The molecule has 136 valence electrons. The predicted octanol–water partition coefficient (Wildman–Crippen LogP) is 3.62. The molecule has 0 fully saturated rings. The third-order valence-corrected chi connectivity index (χ3v) is 5.40. The van der Waals surface area contributed by atoms with Crippen LogP contribution in [0.25, 0.3) is 10.2 Å². The summed E-state index contributed by atoms with van der Waals surface area (Å²) in [4.78, 5) is 42.5. The first-order valence-electron chi connectivity index (χ1n) is 8.65. The van der Waals surface area contributed by atoms with Crippen molar-refractivity contribution in [3.8, 4) is 0 Å². The summed E-state index contributed by atoms with van der Waals surface area (Å²) in [7, 11) is 0. The summed E-state index contributed by atoms with van der Waals surface area (Å²) in [6, 6.07) is 12.9. The van der Waals surface area contributed by atoms with Crippen molar-refractivity contribution in [3.63, 3.8) is 0 Å². The molecule has 4 rings (SSSR count). The highest BCUT2D eigenvalue weighted by atomic mass is 32.1. The molecule has 6 nitrogen and oxygen atoms in total. The number of anilines is 1. The Labute approximate surface area is 159 Å². The van der Waals surface area contributed by atoms with Crippen LogP contribution in [0.4, 0.5) is 5.13 Å². The van der Waals surface area contributed by atoms with Crippen LogP contribution in [-0.2, 0) is 4.79 Å². The number of aryl methyl sites for hydroxylation is 1. The van der Waals surface area contributed by atoms with Crippen LogP contribution in [0.1, 0.15) is 39.1 Å². The second-order valence-corrected chi connectivity index (χ2v) is 7.48. The molecule has 0 atom stereocenters. The van der Waals surface area contributed by atoms with Crippen LogP contribution in [0, 0.1) is 6.92 Å². The summed E-state index contributed by atoms with van der Waals surface area (Å²) in [5.41, 5.74) is 2.66. The summed E-state index contributed by atoms with van der Waals surface area (Å²) < 4.78 is 1.01. The molecule has 3 amide bonds. The molecule has 27 heavy (non-hydrogen) atoms. The molecule has 0 saturated heterocycles. The van der Waals surface area contributed by atoms with Gasteiger partial charge in [-0.2, -0.15) is 0 Å². The van der Waals surface area contributed by atoms with Gasteiger partial charge in [0.25, 0.3) is 11.8 Å². The molecule has 2 heterocycles. The van der Waals surface area contributed by atoms with Gasteiger partial charge in [0.2, 0.25) is 5.91 Å². The van der Waals surface area contributed by atoms with E-state index in [4.69, 9.17) is 0 Å². The third kappa shape index (κ3) is 3.33. The number of thiazole rings is 1. The lowest BCUT2D eigenvalue weighted by Gasteiger charge is -2.13. The van der Waals surface area contributed by atoms with Crippen LogP contribution in [0.5, 0.6) is 0 Å². The maximum Gasteiger partial charge on any atom is 0.261 e. The van der Waals surface area contributed by atoms with Crippen molar-refractivity contribution in [2.24, 2.45) is 0 Å². The van der Waals surface area contributed by atoms with Crippen molar-refractivity contribution < 1.29 is 14.4 Å². The highest BCUT2D eigenvalue weighted by Crippen LogP contribution is 2.26. The topological polar surface area (TPSA) is 79.4 Å². The van der Waals surface area contributed by atoms with Crippen molar-refractivity contribution in [3.05, 3.63) is 59.2 Å². The second kappa shape index (κ2) is 6.92. The molecule has 0 bridgehead atoms. The minimum atomic E-state index is -0.290. The van der Waals surface area contributed by atoms with Gasteiger partial charge >= 0.3 is 0 Å². The third-order valence-electron chi connectivity index (χ3n) is 4.45. The number of nitrogens with one attached hydrogen (secondary N) is 1. The molecule has 0 aliphatic carbocycles. The molecule has 1 aliphatic heterocycles. The smallest absolute Gasteiger partial charge is 0.261 e. The molecule has 3 aromatic rings. The molecular formula is C20H17N3O3S. The number of carbonyl (C=O) groups excluding carboxylic acids is 3. The van der Waals surface area contributed by atoms with E-state index in [1.54, 1.807) is 12.1 Å². The Bertz CT molecular complexity index is 1040. The number of nitrogens with zero attached hydrogens (tertiary/aromatic N) is 2. The predicted molar refractivity (Wildman–Crippen MR) is 104 cm³/mol. The number of carbonyl (C=O) groups is 3. The monoisotopic (exact) mass is 379 g/mol. The molecule has 1 aliphatic rings. The number of para-hydroxylation sites is 1. The van der Waals surface area contributed by atoms with E-state index < -0.39 is 0 Å². The second-order valence-electron chi connectivity index (χ2n) is 6.45. The van der Waals surface area contributed by atoms with E-state index in [1.807, 2.05) is 37.3 Å². The number of amides is 3. The Morgan fingerprint density at radius 2 is 1.89 bits per heavy atom. The van der Waals surface area contributed by atoms with Crippen LogP contribution in [0.3, 0.4) is 0 Å². The van der Waals surface area contributed by atoms with Crippen molar-refractivity contribution in [2.45, 2.75) is 19.8 Å². The summed E-state index contributed by atoms with van der Waals surface area (Å²) in [5.74, 6) is -0.756. The summed E-state index contributed by atoms with van der Waals surface area (Å²) >= 11 is 1.42. The average molecular weight is 379 g/mol. The van der Waals surface area contributed by atoms with Crippen LogP contribution in [-0.4, -0.2) is 34.2 Å². The van der Waals surface area contributed by atoms with Gasteiger partial charge in [-0.25, -0.2) is 4.98 Å². The van der Waals surface area contributed by atoms with E-state index in [9.17, 15) is 14.4 Å². The number of imide groups is 1. The number of aromatic nitrogens is 1. The zero-order valence-electron chi connectivity index (χ0n) is 14.7. The lowest BCUT2D eigenvalue weighted by molar-refractivity contribution is -0.116. The minimum absolute atomic E-state index is 0.179. The van der Waals surface area contributed by atoms with Gasteiger partial charge in [0, 0.05) is 13.0 Å². The Hall–Kier alpha value is -3.06. The number of rotatable bonds is 5. The van der Waals surface area contributed by atoms with Gasteiger partial charge < -0.3 is 5.32 Å². The SMILES string of the molecule is Cc1ccc2c(c1)C(=O)N(CCCC(=O)Nc1nc3ccccc3s1)C2=O. The molecule has 0 spiro atoms. The molecule has 0 radical (unpaired) electrons. The Kier molecular flexibility index (Phi) is 4.45. The van der Waals surface area contributed by atoms with Crippen LogP contribution < -0.4 is 5.32 Å². The summed E-state index contributed by atoms with van der Waals surface area (Å²) in [5, 5.41) is 3.34. The van der Waals surface area contributed by atoms with Crippen molar-refractivity contribution in [2.75, 3.05) is 11.9 Å². The minimum Gasteiger partial charge on any atom is -0.302 e. The first-order valence-corrected chi connectivity index (χ1v) is 9.47. The normalized spacial score (nSPS) is 13.3. The zero-order chi connectivity index (χ0) is 19.0. The van der Waals surface area contributed by atoms with Gasteiger partial charge in [0.1, 0.15) is 0 Å². The zero-order valence-corrected chi connectivity index (χ0v) is 15.5. The van der Waals surface area contributed by atoms with Crippen molar-refractivity contribution in [1.29, 1.82) is 0 Å². The molecule has 0 saturated carbocycles. The molecular weight excluding hydrogens is 362 g/mol. The van der Waals surface area contributed by atoms with Crippen molar-refractivity contribution >= 4 is 44.4 Å². The van der Waals surface area contributed by atoms with Gasteiger partial charge in [0.15, 0.2) is 5.13 Å². The fourth-order valence-corrected chi connectivity index (χ4v) is 3.99. The van der Waals surface area contributed by atoms with E-state index in [2.05, 4.69) is 10.3 Å². The van der Waals surface area contributed by atoms with E-state index in [0.717, 1.165) is 15.8 Å². The molecule has 1 N–H and O–H groups in total. The van der Waals surface area contributed by atoms with Crippen LogP contribution in [0.15, 0.2) is 42.5 Å². The first kappa shape index (κ1) is 17.4. The number of hydrogen-bond acceptors (Lipinski definition) is 5. The van der Waals surface area contributed by atoms with E-state index in [1.165, 1.54) is 16.2 Å². The Balaban J connectivity index is 1.34. The average Bonchev–Trinajstić information content (AvgIpc) is 3.15. The highest BCUT2D eigenvalue weighted by molar-refractivity contribution is 7.22. The molecule has 2 aromatic carbocycles. The fourth-order valence-electron chi connectivity index (χ4n) is 3.11. The molecule has 0 unspecified atom stereocenters. The Morgan fingerprint density at radius 1 is 1.11 bits per heavy atom. The standard InChI is InChI=1S/C20H17N3O3S/c1-12-8-9-13-14(11-12)19(26)23(18(13)25)10-4-7-17(24)22-20-21-15-5-2-3-6-16(15)27-20/h2-3,5-6,8-9,11H,4,7,10H2,1H3,(H,21,22,24). The number of fused-ring (bicyclic) bond motifs is 2. The van der Waals surface area contributed by atoms with Gasteiger partial charge in [-0.15, -0.1) is 0 Å². The lowest BCUT2D eigenvalue weighted by atomic mass is 10.1. The first-order chi connectivity index (χ1) is 13.0. The van der Waals surface area contributed by atoms with E-state index in [-0.39, 0.29) is 30.7 Å². The van der Waals surface area contributed by atoms with Gasteiger partial charge in [-0.1, -0.05) is 35.1 Å². The number of hydrogen-bond donors (Lipinski definition) is 1. The molecule has 1 aromatic heterocycles. The Morgan fingerprint density at radius 3 is 2.70 bits per heavy atom. The highest BCUT2D eigenvalue weighted by Gasteiger charge is 2.34. The summed E-state index contributed by atoms with van der Waals surface area (Å²) in [6.45, 7) is 2.10. The fraction of sp³-hybridized carbons (Fsp3) is 0.200. The number of benzene rings is 2. The van der Waals surface area contributed by atoms with Crippen molar-refractivity contribution in [1.82, 2.24) is 9.88 Å². The quantitative estimate of drug-likeness (QED) is 0.687. The summed E-state index contributed by atoms with van der Waals surface area (Å²) in [6.07, 6.45) is 0.615.